The highest BCUT2D eigenvalue weighted by Crippen LogP contribution is 1.89. The third kappa shape index (κ3) is 3.23. The number of carbonyl (C=O) groups is 2. The maximum Gasteiger partial charge on any atom is 0.315 e. The number of likely N-dealkylation sites (N-methyl/N-ethyl adjacent to an activating group) is 2. The summed E-state index contributed by atoms with van der Waals surface area (Å²) in [4.78, 5) is 24.5. The average Bonchev–Trinajstić information content (AvgIpc) is 1.98. The van der Waals surface area contributed by atoms with Crippen molar-refractivity contribution in [3.63, 3.8) is 0 Å². The summed E-state index contributed by atoms with van der Waals surface area (Å²) in [6.45, 7) is 2.28. The minimum atomic E-state index is -0.562. The Bertz CT molecular complexity index is 179. The monoisotopic (exact) mass is 173 g/mol. The van der Waals surface area contributed by atoms with Gasteiger partial charge in [-0.25, -0.2) is 4.79 Å². The van der Waals surface area contributed by atoms with E-state index in [0.717, 1.165) is 0 Å². The minimum Gasteiger partial charge on any atom is -0.351 e. The first kappa shape index (κ1) is 10.7. The molecule has 0 saturated heterocycles. The van der Waals surface area contributed by atoms with Crippen molar-refractivity contribution in [1.82, 2.24) is 9.80 Å². The molecule has 2 N–H and O–H groups in total. The molecule has 0 atom stereocenters. The molecule has 0 unspecified atom stereocenters. The van der Waals surface area contributed by atoms with E-state index in [1.807, 2.05) is 0 Å². The first-order valence-electron chi connectivity index (χ1n) is 3.73. The standard InChI is InChI=1S/C7H15N3O2/c1-4-10(7(8)12)5-6(11)9(2)3/h4-5H2,1-3H3,(H2,8,12). The van der Waals surface area contributed by atoms with Gasteiger partial charge in [0.15, 0.2) is 0 Å². The van der Waals surface area contributed by atoms with E-state index in [1.165, 1.54) is 9.80 Å². The second-order valence-electron chi connectivity index (χ2n) is 2.64. The second-order valence-corrected chi connectivity index (χ2v) is 2.64. The molecule has 12 heavy (non-hydrogen) atoms. The first-order valence-corrected chi connectivity index (χ1v) is 3.73. The number of nitrogens with two attached hydrogens (primary N) is 1. The van der Waals surface area contributed by atoms with Crippen LogP contribution in [0.4, 0.5) is 4.79 Å². The van der Waals surface area contributed by atoms with Crippen molar-refractivity contribution >= 4 is 11.9 Å². The molecule has 0 rings (SSSR count). The van der Waals surface area contributed by atoms with E-state index in [0.29, 0.717) is 6.54 Å². The highest BCUT2D eigenvalue weighted by atomic mass is 16.2. The van der Waals surface area contributed by atoms with Crippen LogP contribution >= 0.6 is 0 Å². The summed E-state index contributed by atoms with van der Waals surface area (Å²) in [5, 5.41) is 0. The lowest BCUT2D eigenvalue weighted by Gasteiger charge is -2.19. The van der Waals surface area contributed by atoms with Crippen LogP contribution in [0.2, 0.25) is 0 Å². The Labute approximate surface area is 72.1 Å². The Morgan fingerprint density at radius 1 is 1.33 bits per heavy atom. The molecular formula is C7H15N3O2. The van der Waals surface area contributed by atoms with Crippen molar-refractivity contribution in [3.8, 4) is 0 Å². The average molecular weight is 173 g/mol. The molecule has 0 aliphatic rings. The summed E-state index contributed by atoms with van der Waals surface area (Å²) >= 11 is 0. The number of hydrogen-bond acceptors (Lipinski definition) is 2. The van der Waals surface area contributed by atoms with Crippen molar-refractivity contribution in [1.29, 1.82) is 0 Å². The first-order chi connectivity index (χ1) is 5.49. The fourth-order valence-corrected chi connectivity index (χ4v) is 0.650. The molecule has 0 aromatic heterocycles. The zero-order valence-corrected chi connectivity index (χ0v) is 7.70. The number of urea groups is 1. The van der Waals surface area contributed by atoms with Crippen LogP contribution in [0, 0.1) is 0 Å². The zero-order chi connectivity index (χ0) is 9.72. The Kier molecular flexibility index (Phi) is 4.10. The molecule has 0 bridgehead atoms. The maximum atomic E-state index is 11.1. The summed E-state index contributed by atoms with van der Waals surface area (Å²) in [6, 6.07) is -0.562. The third-order valence-electron chi connectivity index (χ3n) is 1.52. The van der Waals surface area contributed by atoms with Gasteiger partial charge >= 0.3 is 6.03 Å². The van der Waals surface area contributed by atoms with Gasteiger partial charge in [0, 0.05) is 20.6 Å². The number of amides is 3. The number of rotatable bonds is 3. The molecule has 3 amide bonds. The van der Waals surface area contributed by atoms with E-state index in [-0.39, 0.29) is 12.5 Å². The largest absolute Gasteiger partial charge is 0.351 e. The van der Waals surface area contributed by atoms with E-state index in [1.54, 1.807) is 21.0 Å². The van der Waals surface area contributed by atoms with Gasteiger partial charge in [-0.2, -0.15) is 0 Å². The zero-order valence-electron chi connectivity index (χ0n) is 7.70. The topological polar surface area (TPSA) is 66.6 Å². The summed E-state index contributed by atoms with van der Waals surface area (Å²) in [5.74, 6) is -0.129. The fourth-order valence-electron chi connectivity index (χ4n) is 0.650. The fraction of sp³-hybridized carbons (Fsp3) is 0.714. The van der Waals surface area contributed by atoms with Crippen molar-refractivity contribution in [2.45, 2.75) is 6.92 Å². The molecule has 0 aromatic carbocycles. The molecule has 0 saturated carbocycles. The highest BCUT2D eigenvalue weighted by Gasteiger charge is 2.12. The molecule has 0 aliphatic heterocycles. The van der Waals surface area contributed by atoms with Gasteiger partial charge in [0.25, 0.3) is 0 Å². The maximum absolute atomic E-state index is 11.1. The van der Waals surface area contributed by atoms with Crippen LogP contribution in [-0.2, 0) is 4.79 Å². The van der Waals surface area contributed by atoms with Crippen LogP contribution in [0.1, 0.15) is 6.92 Å². The van der Waals surface area contributed by atoms with Gasteiger partial charge < -0.3 is 15.5 Å². The van der Waals surface area contributed by atoms with Crippen LogP contribution in [0.3, 0.4) is 0 Å². The molecule has 0 fully saturated rings. The quantitative estimate of drug-likeness (QED) is 0.623. The molecule has 70 valence electrons. The predicted octanol–water partition coefficient (Wildman–Crippen LogP) is -0.525. The predicted molar refractivity (Wildman–Crippen MR) is 45.5 cm³/mol. The molecular weight excluding hydrogens is 158 g/mol. The van der Waals surface area contributed by atoms with Crippen LogP contribution in [0.25, 0.3) is 0 Å². The molecule has 5 heteroatoms. The van der Waals surface area contributed by atoms with Gasteiger partial charge in [0.1, 0.15) is 6.54 Å². The molecule has 0 aromatic rings. The van der Waals surface area contributed by atoms with E-state index < -0.39 is 6.03 Å². The second kappa shape index (κ2) is 4.58. The molecule has 0 heterocycles. The smallest absolute Gasteiger partial charge is 0.315 e. The summed E-state index contributed by atoms with van der Waals surface area (Å²) in [7, 11) is 3.27. The Morgan fingerprint density at radius 2 is 1.83 bits per heavy atom. The van der Waals surface area contributed by atoms with Crippen LogP contribution in [0.5, 0.6) is 0 Å². The van der Waals surface area contributed by atoms with Gasteiger partial charge in [-0.15, -0.1) is 0 Å². The minimum absolute atomic E-state index is 0.0544. The molecule has 5 nitrogen and oxygen atoms in total. The third-order valence-corrected chi connectivity index (χ3v) is 1.52. The van der Waals surface area contributed by atoms with Gasteiger partial charge in [0.2, 0.25) is 5.91 Å². The van der Waals surface area contributed by atoms with E-state index in [9.17, 15) is 9.59 Å². The van der Waals surface area contributed by atoms with Crippen LogP contribution in [0.15, 0.2) is 0 Å². The molecule has 0 radical (unpaired) electrons. The summed E-state index contributed by atoms with van der Waals surface area (Å²) in [5.41, 5.74) is 5.01. The SMILES string of the molecule is CCN(CC(=O)N(C)C)C(N)=O. The van der Waals surface area contributed by atoms with Crippen molar-refractivity contribution in [2.24, 2.45) is 5.73 Å². The van der Waals surface area contributed by atoms with Gasteiger partial charge in [-0.3, -0.25) is 4.79 Å². The number of nitrogens with zero attached hydrogens (tertiary/aromatic N) is 2. The van der Waals surface area contributed by atoms with E-state index in [2.05, 4.69) is 0 Å². The summed E-state index contributed by atoms with van der Waals surface area (Å²) in [6.07, 6.45) is 0. The highest BCUT2D eigenvalue weighted by molar-refractivity contribution is 5.83. The Morgan fingerprint density at radius 3 is 2.08 bits per heavy atom. The number of primary amides is 1. The number of carbonyl (C=O) groups excluding carboxylic acids is 2. The van der Waals surface area contributed by atoms with Crippen LogP contribution < -0.4 is 5.73 Å². The Balaban J connectivity index is 4.03. The van der Waals surface area contributed by atoms with Gasteiger partial charge in [0.05, 0.1) is 0 Å². The van der Waals surface area contributed by atoms with Crippen LogP contribution in [-0.4, -0.2) is 48.9 Å². The summed E-state index contributed by atoms with van der Waals surface area (Å²) < 4.78 is 0. The van der Waals surface area contributed by atoms with Crippen molar-refractivity contribution in [3.05, 3.63) is 0 Å². The van der Waals surface area contributed by atoms with Crippen molar-refractivity contribution < 1.29 is 9.59 Å². The van der Waals surface area contributed by atoms with Crippen molar-refractivity contribution in [2.75, 3.05) is 27.2 Å². The Hall–Kier alpha value is -1.26. The van der Waals surface area contributed by atoms with Gasteiger partial charge in [-0.1, -0.05) is 0 Å². The van der Waals surface area contributed by atoms with Gasteiger partial charge in [-0.05, 0) is 6.92 Å². The normalized spacial score (nSPS) is 9.25. The lowest BCUT2D eigenvalue weighted by molar-refractivity contribution is -0.129. The lowest BCUT2D eigenvalue weighted by Crippen LogP contribution is -2.42. The lowest BCUT2D eigenvalue weighted by atomic mass is 10.4. The van der Waals surface area contributed by atoms with E-state index >= 15 is 0 Å². The molecule has 0 aliphatic carbocycles. The van der Waals surface area contributed by atoms with E-state index in [4.69, 9.17) is 5.73 Å². The molecule has 0 spiro atoms. The number of hydrogen-bond donors (Lipinski definition) is 1.